The molecule has 0 spiro atoms. The molecule has 5 heteroatoms. The smallest absolute Gasteiger partial charge is 0.213 e. The minimum absolute atomic E-state index is 0.0943. The molecule has 0 amide bonds. The molecule has 5 rings (SSSR count). The van der Waals surface area contributed by atoms with Crippen LogP contribution in [-0.2, 0) is 0 Å². The van der Waals surface area contributed by atoms with Crippen molar-refractivity contribution in [2.75, 3.05) is 39.6 Å². The Balaban J connectivity index is 1.61. The largest absolute Gasteiger partial charge is 0.507 e. The van der Waals surface area contributed by atoms with Crippen molar-refractivity contribution in [3.8, 4) is 5.75 Å². The molecule has 4 saturated heterocycles. The van der Waals surface area contributed by atoms with Crippen molar-refractivity contribution in [3.63, 3.8) is 0 Å². The number of benzene rings is 1. The van der Waals surface area contributed by atoms with E-state index in [1.54, 1.807) is 20.8 Å². The van der Waals surface area contributed by atoms with Gasteiger partial charge in [-0.3, -0.25) is 4.99 Å². The molecule has 4 aliphatic rings. The summed E-state index contributed by atoms with van der Waals surface area (Å²) < 4.78 is 0. The van der Waals surface area contributed by atoms with Crippen molar-refractivity contribution in [1.82, 2.24) is 0 Å². The van der Waals surface area contributed by atoms with Crippen LogP contribution in [0.15, 0.2) is 29.3 Å². The van der Waals surface area contributed by atoms with Gasteiger partial charge in [-0.05, 0) is 12.1 Å². The summed E-state index contributed by atoms with van der Waals surface area (Å²) in [7, 11) is 0. The Morgan fingerprint density at radius 1 is 1.00 bits per heavy atom. The molecular formula is C14H21N4O+3. The number of para-hydroxylation sites is 1. The molecule has 1 aromatic carbocycles. The van der Waals surface area contributed by atoms with E-state index in [1.807, 2.05) is 24.4 Å². The Bertz CT molecular complexity index is 493. The van der Waals surface area contributed by atoms with Gasteiger partial charge < -0.3 is 5.11 Å². The number of aromatic hydroxyl groups is 1. The number of rotatable bonds is 2. The van der Waals surface area contributed by atoms with Crippen molar-refractivity contribution < 1.29 is 19.8 Å². The summed E-state index contributed by atoms with van der Waals surface area (Å²) in [4.78, 5) is 9.95. The van der Waals surface area contributed by atoms with Gasteiger partial charge in [0.2, 0.25) is 25.5 Å². The minimum atomic E-state index is 0.0943. The van der Waals surface area contributed by atoms with E-state index in [4.69, 9.17) is 4.99 Å². The maximum Gasteiger partial charge on any atom is 0.213 e. The number of hydrogen-bond donors (Lipinski definition) is 4. The molecule has 1 aromatic rings. The summed E-state index contributed by atoms with van der Waals surface area (Å²) in [5, 5.41) is 9.82. The van der Waals surface area contributed by atoms with Gasteiger partial charge in [-0.25, -0.2) is 14.7 Å². The lowest BCUT2D eigenvalue weighted by molar-refractivity contribution is -1.29. The van der Waals surface area contributed by atoms with Crippen LogP contribution in [0.5, 0.6) is 5.75 Å². The van der Waals surface area contributed by atoms with E-state index in [-0.39, 0.29) is 5.54 Å². The summed E-state index contributed by atoms with van der Waals surface area (Å²) in [6, 6.07) is 7.43. The number of phenolic OH excluding ortho intramolecular Hbond substituents is 1. The maximum absolute atomic E-state index is 9.82. The van der Waals surface area contributed by atoms with Crippen molar-refractivity contribution in [2.45, 2.75) is 5.54 Å². The normalized spacial score (nSPS) is 40.1. The molecule has 0 unspecified atom stereocenters. The van der Waals surface area contributed by atoms with Gasteiger partial charge in [-0.1, -0.05) is 12.1 Å². The van der Waals surface area contributed by atoms with Crippen LogP contribution in [0.2, 0.25) is 0 Å². The number of phenols is 1. The van der Waals surface area contributed by atoms with Crippen LogP contribution in [-0.4, -0.2) is 56.5 Å². The van der Waals surface area contributed by atoms with E-state index < -0.39 is 0 Å². The first kappa shape index (κ1) is 11.4. The van der Waals surface area contributed by atoms with E-state index in [1.165, 1.54) is 20.0 Å². The van der Waals surface area contributed by atoms with E-state index in [0.717, 1.165) is 25.2 Å². The third-order valence-corrected chi connectivity index (χ3v) is 4.65. The van der Waals surface area contributed by atoms with Crippen molar-refractivity contribution in [3.05, 3.63) is 29.8 Å². The van der Waals surface area contributed by atoms with Crippen LogP contribution in [0.4, 0.5) is 0 Å². The molecule has 4 fully saturated rings. The van der Waals surface area contributed by atoms with Gasteiger partial charge in [0.15, 0.2) is 0 Å². The van der Waals surface area contributed by atoms with E-state index in [0.29, 0.717) is 5.75 Å². The summed E-state index contributed by atoms with van der Waals surface area (Å²) in [5.74, 6) is 0.323. The van der Waals surface area contributed by atoms with E-state index in [2.05, 4.69) is 0 Å². The van der Waals surface area contributed by atoms with Gasteiger partial charge in [0.1, 0.15) is 25.4 Å². The minimum Gasteiger partial charge on any atom is -0.507 e. The Morgan fingerprint density at radius 2 is 1.58 bits per heavy atom. The predicted octanol–water partition coefficient (Wildman–Crippen LogP) is -3.88. The van der Waals surface area contributed by atoms with Crippen LogP contribution in [0, 0.1) is 0 Å². The second kappa shape index (κ2) is 4.03. The second-order valence-corrected chi connectivity index (χ2v) is 6.35. The molecule has 0 radical (unpaired) electrons. The number of hydrogen-bond acceptors (Lipinski definition) is 2. The topological polar surface area (TPSA) is 45.9 Å². The Hall–Kier alpha value is -1.43. The van der Waals surface area contributed by atoms with Gasteiger partial charge >= 0.3 is 0 Å². The molecular weight excluding hydrogens is 240 g/mol. The molecule has 0 aliphatic carbocycles. The molecule has 100 valence electrons. The van der Waals surface area contributed by atoms with Crippen LogP contribution < -0.4 is 14.7 Å². The summed E-state index contributed by atoms with van der Waals surface area (Å²) in [6.07, 6.45) is 1.88. The second-order valence-electron chi connectivity index (χ2n) is 6.35. The van der Waals surface area contributed by atoms with E-state index in [9.17, 15) is 5.11 Å². The lowest BCUT2D eigenvalue weighted by Gasteiger charge is -2.50. The monoisotopic (exact) mass is 261 g/mol. The molecule has 4 aliphatic heterocycles. The summed E-state index contributed by atoms with van der Waals surface area (Å²) >= 11 is 0. The van der Waals surface area contributed by atoms with Crippen molar-refractivity contribution >= 4 is 6.21 Å². The lowest BCUT2D eigenvalue weighted by Crippen LogP contribution is -3.56. The highest BCUT2D eigenvalue weighted by molar-refractivity contribution is 5.83. The third kappa shape index (κ3) is 1.94. The van der Waals surface area contributed by atoms with E-state index >= 15 is 0 Å². The van der Waals surface area contributed by atoms with Crippen LogP contribution in [0.1, 0.15) is 5.56 Å². The van der Waals surface area contributed by atoms with Crippen molar-refractivity contribution in [2.24, 2.45) is 4.99 Å². The molecule has 19 heavy (non-hydrogen) atoms. The fourth-order valence-corrected chi connectivity index (χ4v) is 4.15. The zero-order valence-corrected chi connectivity index (χ0v) is 11.0. The molecule has 0 aromatic heterocycles. The molecule has 5 nitrogen and oxygen atoms in total. The average Bonchev–Trinajstić information content (AvgIpc) is 2.36. The first-order valence-corrected chi connectivity index (χ1v) is 7.06. The van der Waals surface area contributed by atoms with Gasteiger partial charge in [-0.2, -0.15) is 0 Å². The third-order valence-electron chi connectivity index (χ3n) is 4.65. The SMILES string of the molecule is Oc1ccccc1C=NC12C[NH+]3C[NH+](C[NH+](C3)C1)C2. The van der Waals surface area contributed by atoms with Gasteiger partial charge in [-0.15, -0.1) is 0 Å². The highest BCUT2D eigenvalue weighted by Gasteiger charge is 2.57. The zero-order chi connectivity index (χ0) is 12.9. The number of aliphatic imine (C=N–C) groups is 1. The highest BCUT2D eigenvalue weighted by atomic mass is 16.3. The first-order valence-electron chi connectivity index (χ1n) is 7.06. The number of nitrogens with zero attached hydrogens (tertiary/aromatic N) is 1. The van der Waals surface area contributed by atoms with Gasteiger partial charge in [0.05, 0.1) is 0 Å². The summed E-state index contributed by atoms with van der Waals surface area (Å²) in [6.45, 7) is 7.25. The van der Waals surface area contributed by atoms with Crippen LogP contribution in [0.25, 0.3) is 0 Å². The van der Waals surface area contributed by atoms with Crippen LogP contribution >= 0.6 is 0 Å². The molecule has 4 heterocycles. The number of quaternary nitrogens is 3. The standard InChI is InChI=1S/C14H18N4O/c19-13-4-2-1-3-12(13)5-15-14-6-16-9-17(7-14)11-18(8-14)10-16/h1-5,19H,6-11H2/p+3. The Kier molecular flexibility index (Phi) is 2.42. The fraction of sp³-hybridized carbons (Fsp3) is 0.500. The average molecular weight is 261 g/mol. The fourth-order valence-electron chi connectivity index (χ4n) is 4.15. The molecule has 0 atom stereocenters. The molecule has 0 saturated carbocycles. The predicted molar refractivity (Wildman–Crippen MR) is 70.5 cm³/mol. The van der Waals surface area contributed by atoms with Crippen molar-refractivity contribution in [1.29, 1.82) is 0 Å². The quantitative estimate of drug-likeness (QED) is 0.404. The maximum atomic E-state index is 9.82. The first-order chi connectivity index (χ1) is 9.22. The molecule has 4 bridgehead atoms. The zero-order valence-electron chi connectivity index (χ0n) is 11.0. The number of nitrogens with one attached hydrogen (secondary N) is 3. The van der Waals surface area contributed by atoms with Gasteiger partial charge in [0.25, 0.3) is 0 Å². The Morgan fingerprint density at radius 3 is 2.16 bits per heavy atom. The highest BCUT2D eigenvalue weighted by Crippen LogP contribution is 2.15. The summed E-state index contributed by atoms with van der Waals surface area (Å²) in [5.41, 5.74) is 0.926. The van der Waals surface area contributed by atoms with Crippen LogP contribution in [0.3, 0.4) is 0 Å². The lowest BCUT2D eigenvalue weighted by atomic mass is 9.91. The Labute approximate surface area is 112 Å². The van der Waals surface area contributed by atoms with Gasteiger partial charge in [0, 0.05) is 11.8 Å². The molecule has 4 N–H and O–H groups in total.